The largest absolute Gasteiger partial charge is 0.388 e. The molecule has 1 N–H and O–H groups in total. The van der Waals surface area contributed by atoms with E-state index in [1.165, 1.54) is 0 Å². The SMILES string of the molecule is CCC(C)n1ccc(CC(O)c2cccc(Br)c2Cl)n1. The number of hydrogen-bond donors (Lipinski definition) is 1. The summed E-state index contributed by atoms with van der Waals surface area (Å²) in [5, 5.41) is 15.4. The van der Waals surface area contributed by atoms with Crippen molar-refractivity contribution in [3.63, 3.8) is 0 Å². The van der Waals surface area contributed by atoms with Crippen LogP contribution < -0.4 is 0 Å². The van der Waals surface area contributed by atoms with Gasteiger partial charge in [0, 0.05) is 28.7 Å². The zero-order chi connectivity index (χ0) is 14.7. The average molecular weight is 358 g/mol. The molecule has 1 heterocycles. The van der Waals surface area contributed by atoms with Crippen LogP contribution in [0, 0.1) is 0 Å². The van der Waals surface area contributed by atoms with Gasteiger partial charge in [-0.15, -0.1) is 0 Å². The fraction of sp³-hybridized carbons (Fsp3) is 0.400. The Morgan fingerprint density at radius 1 is 1.40 bits per heavy atom. The molecule has 0 radical (unpaired) electrons. The van der Waals surface area contributed by atoms with Gasteiger partial charge in [0.15, 0.2) is 0 Å². The Bertz CT molecular complexity index is 585. The number of halogens is 2. The number of aliphatic hydroxyl groups excluding tert-OH is 1. The molecular formula is C15H18BrClN2O. The second kappa shape index (κ2) is 6.74. The normalized spacial score (nSPS) is 14.2. The molecule has 2 atom stereocenters. The number of nitrogens with zero attached hydrogens (tertiary/aromatic N) is 2. The predicted molar refractivity (Wildman–Crippen MR) is 85.0 cm³/mol. The lowest BCUT2D eigenvalue weighted by atomic mass is 10.1. The van der Waals surface area contributed by atoms with E-state index >= 15 is 0 Å². The van der Waals surface area contributed by atoms with Crippen LogP contribution in [0.2, 0.25) is 5.02 Å². The van der Waals surface area contributed by atoms with Crippen molar-refractivity contribution in [2.45, 2.75) is 38.8 Å². The van der Waals surface area contributed by atoms with Crippen LogP contribution in [0.5, 0.6) is 0 Å². The Morgan fingerprint density at radius 2 is 2.15 bits per heavy atom. The predicted octanol–water partition coefficient (Wildman–Crippen LogP) is 4.55. The number of benzene rings is 1. The molecule has 0 amide bonds. The minimum Gasteiger partial charge on any atom is -0.388 e. The van der Waals surface area contributed by atoms with Crippen molar-refractivity contribution in [3.05, 3.63) is 51.2 Å². The molecular weight excluding hydrogens is 340 g/mol. The number of hydrogen-bond acceptors (Lipinski definition) is 2. The molecule has 2 unspecified atom stereocenters. The van der Waals surface area contributed by atoms with Crippen LogP contribution in [0.25, 0.3) is 0 Å². The summed E-state index contributed by atoms with van der Waals surface area (Å²) in [6, 6.07) is 7.88. The van der Waals surface area contributed by atoms with E-state index in [0.717, 1.165) is 22.2 Å². The maximum atomic E-state index is 10.3. The van der Waals surface area contributed by atoms with Crippen LogP contribution in [-0.2, 0) is 6.42 Å². The summed E-state index contributed by atoms with van der Waals surface area (Å²) < 4.78 is 2.73. The summed E-state index contributed by atoms with van der Waals surface area (Å²) in [5.74, 6) is 0. The highest BCUT2D eigenvalue weighted by atomic mass is 79.9. The van der Waals surface area contributed by atoms with Crippen LogP contribution in [0.3, 0.4) is 0 Å². The quantitative estimate of drug-likeness (QED) is 0.852. The van der Waals surface area contributed by atoms with Crippen molar-refractivity contribution in [2.75, 3.05) is 0 Å². The van der Waals surface area contributed by atoms with E-state index < -0.39 is 6.10 Å². The van der Waals surface area contributed by atoms with Crippen molar-refractivity contribution >= 4 is 27.5 Å². The van der Waals surface area contributed by atoms with Crippen LogP contribution >= 0.6 is 27.5 Å². The first-order chi connectivity index (χ1) is 9.52. The lowest BCUT2D eigenvalue weighted by molar-refractivity contribution is 0.177. The standard InChI is InChI=1S/C15H18BrClN2O/c1-3-10(2)19-8-7-11(18-19)9-14(20)12-5-4-6-13(16)15(12)17/h4-8,10,14,20H,3,9H2,1-2H3. The van der Waals surface area contributed by atoms with Gasteiger partial charge in [-0.25, -0.2) is 0 Å². The van der Waals surface area contributed by atoms with E-state index in [0.29, 0.717) is 17.5 Å². The van der Waals surface area contributed by atoms with Crippen molar-refractivity contribution in [2.24, 2.45) is 0 Å². The van der Waals surface area contributed by atoms with Gasteiger partial charge in [0.1, 0.15) is 0 Å². The number of rotatable bonds is 5. The van der Waals surface area contributed by atoms with Gasteiger partial charge in [-0.05, 0) is 41.4 Å². The molecule has 108 valence electrons. The highest BCUT2D eigenvalue weighted by molar-refractivity contribution is 9.10. The van der Waals surface area contributed by atoms with E-state index in [1.807, 2.05) is 35.1 Å². The summed E-state index contributed by atoms with van der Waals surface area (Å²) >= 11 is 9.57. The highest BCUT2D eigenvalue weighted by Crippen LogP contribution is 2.31. The van der Waals surface area contributed by atoms with Gasteiger partial charge in [-0.1, -0.05) is 30.7 Å². The summed E-state index contributed by atoms with van der Waals surface area (Å²) in [6.45, 7) is 4.25. The van der Waals surface area contributed by atoms with E-state index in [2.05, 4.69) is 34.9 Å². The molecule has 0 aliphatic carbocycles. The zero-order valence-electron chi connectivity index (χ0n) is 11.6. The molecule has 0 bridgehead atoms. The fourth-order valence-electron chi connectivity index (χ4n) is 2.00. The molecule has 2 aromatic rings. The van der Waals surface area contributed by atoms with Crippen LogP contribution in [0.15, 0.2) is 34.9 Å². The van der Waals surface area contributed by atoms with Crippen LogP contribution in [-0.4, -0.2) is 14.9 Å². The molecule has 0 saturated heterocycles. The first-order valence-corrected chi connectivity index (χ1v) is 7.86. The molecule has 0 saturated carbocycles. The Labute approximate surface area is 132 Å². The summed E-state index contributed by atoms with van der Waals surface area (Å²) in [7, 11) is 0. The second-order valence-electron chi connectivity index (χ2n) is 4.91. The molecule has 2 rings (SSSR count). The zero-order valence-corrected chi connectivity index (χ0v) is 13.9. The first kappa shape index (κ1) is 15.5. The third kappa shape index (κ3) is 3.43. The summed E-state index contributed by atoms with van der Waals surface area (Å²) in [6.07, 6.45) is 2.79. The van der Waals surface area contributed by atoms with E-state index in [9.17, 15) is 5.11 Å². The van der Waals surface area contributed by atoms with Gasteiger partial charge >= 0.3 is 0 Å². The van der Waals surface area contributed by atoms with Crippen molar-refractivity contribution in [1.29, 1.82) is 0 Å². The van der Waals surface area contributed by atoms with E-state index in [4.69, 9.17) is 11.6 Å². The molecule has 3 nitrogen and oxygen atoms in total. The van der Waals surface area contributed by atoms with Crippen molar-refractivity contribution in [1.82, 2.24) is 9.78 Å². The van der Waals surface area contributed by atoms with Gasteiger partial charge in [0.25, 0.3) is 0 Å². The monoisotopic (exact) mass is 356 g/mol. The fourth-order valence-corrected chi connectivity index (χ4v) is 2.64. The Kier molecular flexibility index (Phi) is 5.24. The third-order valence-electron chi connectivity index (χ3n) is 3.45. The lowest BCUT2D eigenvalue weighted by Crippen LogP contribution is -2.07. The molecule has 20 heavy (non-hydrogen) atoms. The van der Waals surface area contributed by atoms with Gasteiger partial charge in [-0.2, -0.15) is 5.10 Å². The minimum atomic E-state index is -0.653. The topological polar surface area (TPSA) is 38.0 Å². The minimum absolute atomic E-state index is 0.371. The average Bonchev–Trinajstić information content (AvgIpc) is 2.89. The molecule has 0 spiro atoms. The number of aromatic nitrogens is 2. The Balaban J connectivity index is 2.13. The molecule has 0 fully saturated rings. The smallest absolute Gasteiger partial charge is 0.0860 e. The summed E-state index contributed by atoms with van der Waals surface area (Å²) in [5.41, 5.74) is 1.59. The highest BCUT2D eigenvalue weighted by Gasteiger charge is 2.15. The van der Waals surface area contributed by atoms with Crippen molar-refractivity contribution in [3.8, 4) is 0 Å². The van der Waals surface area contributed by atoms with Gasteiger partial charge in [0.05, 0.1) is 16.8 Å². The molecule has 0 aliphatic heterocycles. The summed E-state index contributed by atoms with van der Waals surface area (Å²) in [4.78, 5) is 0. The van der Waals surface area contributed by atoms with Crippen LogP contribution in [0.4, 0.5) is 0 Å². The maximum Gasteiger partial charge on any atom is 0.0860 e. The molecule has 5 heteroatoms. The second-order valence-corrected chi connectivity index (χ2v) is 6.14. The maximum absolute atomic E-state index is 10.3. The van der Waals surface area contributed by atoms with Gasteiger partial charge < -0.3 is 5.11 Å². The van der Waals surface area contributed by atoms with Crippen LogP contribution in [0.1, 0.15) is 43.7 Å². The Morgan fingerprint density at radius 3 is 2.85 bits per heavy atom. The first-order valence-electron chi connectivity index (χ1n) is 6.69. The van der Waals surface area contributed by atoms with Gasteiger partial charge in [-0.3, -0.25) is 4.68 Å². The van der Waals surface area contributed by atoms with E-state index in [-0.39, 0.29) is 0 Å². The molecule has 0 aliphatic rings. The Hall–Kier alpha value is -0.840. The number of aliphatic hydroxyl groups is 1. The molecule has 1 aromatic carbocycles. The van der Waals surface area contributed by atoms with E-state index in [1.54, 1.807) is 0 Å². The third-order valence-corrected chi connectivity index (χ3v) is 4.76. The molecule has 1 aromatic heterocycles. The van der Waals surface area contributed by atoms with Gasteiger partial charge in [0.2, 0.25) is 0 Å². The lowest BCUT2D eigenvalue weighted by Gasteiger charge is -2.13. The van der Waals surface area contributed by atoms with Crippen molar-refractivity contribution < 1.29 is 5.11 Å².